The molecule has 20 heavy (non-hydrogen) atoms. The lowest BCUT2D eigenvalue weighted by Gasteiger charge is -2.11. The lowest BCUT2D eigenvalue weighted by atomic mass is 10.1. The molecule has 0 aliphatic rings. The van der Waals surface area contributed by atoms with Gasteiger partial charge in [0.05, 0.1) is 5.69 Å². The van der Waals surface area contributed by atoms with Crippen LogP contribution in [-0.2, 0) is 0 Å². The van der Waals surface area contributed by atoms with E-state index in [4.69, 9.17) is 18.0 Å². The molecule has 0 spiro atoms. The number of halogens is 1. The third kappa shape index (κ3) is 3.23. The van der Waals surface area contributed by atoms with Crippen LogP contribution < -0.4 is 11.1 Å². The molecule has 0 aliphatic heterocycles. The maximum Gasteiger partial charge on any atom is 0.255 e. The molecule has 3 nitrogen and oxygen atoms in total. The second kappa shape index (κ2) is 6.15. The number of para-hydroxylation sites is 1. The number of rotatable bonds is 3. The number of benzene rings is 2. The molecule has 5 heteroatoms. The minimum Gasteiger partial charge on any atom is -0.389 e. The molecule has 1 amide bonds. The normalized spacial score (nSPS) is 10.1. The number of carbonyl (C=O) groups excluding carboxylic acids is 1. The van der Waals surface area contributed by atoms with Crippen LogP contribution in [0.1, 0.15) is 21.5 Å². The molecular formula is C15H13BrN2OS. The highest BCUT2D eigenvalue weighted by Gasteiger charge is 2.12. The van der Waals surface area contributed by atoms with Crippen LogP contribution in [0.2, 0.25) is 0 Å². The van der Waals surface area contributed by atoms with Crippen molar-refractivity contribution in [3.63, 3.8) is 0 Å². The number of nitrogens with two attached hydrogens (primary N) is 1. The number of carbonyl (C=O) groups is 1. The summed E-state index contributed by atoms with van der Waals surface area (Å²) in [6.07, 6.45) is 0. The largest absolute Gasteiger partial charge is 0.389 e. The van der Waals surface area contributed by atoms with E-state index in [1.54, 1.807) is 18.2 Å². The lowest BCUT2D eigenvalue weighted by molar-refractivity contribution is 0.102. The molecule has 0 bridgehead atoms. The number of thiocarbonyl (C=S) groups is 1. The van der Waals surface area contributed by atoms with Crippen molar-refractivity contribution in [1.82, 2.24) is 0 Å². The molecule has 2 rings (SSSR count). The molecule has 0 aliphatic carbocycles. The van der Waals surface area contributed by atoms with E-state index in [9.17, 15) is 4.79 Å². The smallest absolute Gasteiger partial charge is 0.255 e. The molecule has 3 N–H and O–H groups in total. The Bertz CT molecular complexity index is 685. The van der Waals surface area contributed by atoms with Crippen LogP contribution in [0.25, 0.3) is 0 Å². The lowest BCUT2D eigenvalue weighted by Crippen LogP contribution is -2.18. The zero-order chi connectivity index (χ0) is 14.7. The van der Waals surface area contributed by atoms with Crippen molar-refractivity contribution in [1.29, 1.82) is 0 Å². The Morgan fingerprint density at radius 2 is 1.90 bits per heavy atom. The van der Waals surface area contributed by atoms with Gasteiger partial charge < -0.3 is 11.1 Å². The topological polar surface area (TPSA) is 55.1 Å². The Morgan fingerprint density at radius 3 is 2.60 bits per heavy atom. The third-order valence-electron chi connectivity index (χ3n) is 2.88. The third-order valence-corrected chi connectivity index (χ3v) is 3.60. The molecule has 2 aromatic rings. The number of amides is 1. The number of hydrogen-bond acceptors (Lipinski definition) is 2. The van der Waals surface area contributed by atoms with Crippen molar-refractivity contribution >= 4 is 44.7 Å². The number of hydrogen-bond donors (Lipinski definition) is 2. The van der Waals surface area contributed by atoms with Gasteiger partial charge in [0, 0.05) is 15.6 Å². The van der Waals surface area contributed by atoms with Crippen molar-refractivity contribution in [2.24, 2.45) is 5.73 Å². The van der Waals surface area contributed by atoms with Gasteiger partial charge in [0.15, 0.2) is 0 Å². The van der Waals surface area contributed by atoms with Crippen molar-refractivity contribution in [3.8, 4) is 0 Å². The van der Waals surface area contributed by atoms with Crippen LogP contribution in [0.5, 0.6) is 0 Å². The minimum absolute atomic E-state index is 0.188. The van der Waals surface area contributed by atoms with Crippen molar-refractivity contribution in [2.75, 3.05) is 5.32 Å². The van der Waals surface area contributed by atoms with E-state index >= 15 is 0 Å². The molecule has 102 valence electrons. The second-order valence-corrected chi connectivity index (χ2v) is 5.68. The molecule has 0 unspecified atom stereocenters. The molecule has 2 aromatic carbocycles. The highest BCUT2D eigenvalue weighted by molar-refractivity contribution is 9.10. The summed E-state index contributed by atoms with van der Waals surface area (Å²) in [5, 5.41) is 2.85. The molecular weight excluding hydrogens is 336 g/mol. The fourth-order valence-electron chi connectivity index (χ4n) is 1.84. The Kier molecular flexibility index (Phi) is 4.52. The predicted octanol–water partition coefficient (Wildman–Crippen LogP) is 3.64. The standard InChI is InChI=1S/C15H13BrN2OS/c1-9-6-7-10(16)8-12(9)15(19)18-13-5-3-2-4-11(13)14(17)20/h2-8H,1H3,(H2,17,20)(H,18,19). The summed E-state index contributed by atoms with van der Waals surface area (Å²) in [7, 11) is 0. The van der Waals surface area contributed by atoms with E-state index in [1.807, 2.05) is 31.2 Å². The van der Waals surface area contributed by atoms with Gasteiger partial charge in [0.25, 0.3) is 5.91 Å². The van der Waals surface area contributed by atoms with Gasteiger partial charge in [-0.05, 0) is 36.8 Å². The summed E-state index contributed by atoms with van der Waals surface area (Å²) in [4.78, 5) is 12.6. The van der Waals surface area contributed by atoms with Crippen LogP contribution >= 0.6 is 28.1 Å². The predicted molar refractivity (Wildman–Crippen MR) is 89.2 cm³/mol. The van der Waals surface area contributed by atoms with E-state index in [0.717, 1.165) is 10.0 Å². The maximum absolute atomic E-state index is 12.3. The number of anilines is 1. The van der Waals surface area contributed by atoms with Gasteiger partial charge in [0.1, 0.15) is 4.99 Å². The summed E-state index contributed by atoms with van der Waals surface area (Å²) in [5.41, 5.74) is 8.44. The minimum atomic E-state index is -0.188. The first-order chi connectivity index (χ1) is 9.49. The maximum atomic E-state index is 12.3. The van der Waals surface area contributed by atoms with Crippen LogP contribution in [0.15, 0.2) is 46.9 Å². The average molecular weight is 349 g/mol. The zero-order valence-corrected chi connectivity index (χ0v) is 13.2. The first kappa shape index (κ1) is 14.7. The summed E-state index contributed by atoms with van der Waals surface area (Å²) >= 11 is 8.35. The van der Waals surface area contributed by atoms with E-state index in [-0.39, 0.29) is 10.9 Å². The average Bonchev–Trinajstić information content (AvgIpc) is 2.41. The van der Waals surface area contributed by atoms with Gasteiger partial charge in [0.2, 0.25) is 0 Å². The van der Waals surface area contributed by atoms with Gasteiger partial charge in [-0.15, -0.1) is 0 Å². The summed E-state index contributed by atoms with van der Waals surface area (Å²) in [6, 6.07) is 12.8. The quantitative estimate of drug-likeness (QED) is 0.832. The van der Waals surface area contributed by atoms with Crippen molar-refractivity contribution in [3.05, 3.63) is 63.6 Å². The molecule has 0 saturated carbocycles. The van der Waals surface area contributed by atoms with E-state index in [1.165, 1.54) is 0 Å². The molecule has 0 atom stereocenters. The summed E-state index contributed by atoms with van der Waals surface area (Å²) in [5.74, 6) is -0.188. The molecule has 0 saturated heterocycles. The molecule has 0 heterocycles. The summed E-state index contributed by atoms with van der Waals surface area (Å²) < 4.78 is 0.857. The van der Waals surface area contributed by atoms with Gasteiger partial charge in [-0.1, -0.05) is 46.3 Å². The van der Waals surface area contributed by atoms with E-state index in [2.05, 4.69) is 21.2 Å². The molecule has 0 fully saturated rings. The molecule has 0 aromatic heterocycles. The van der Waals surface area contributed by atoms with Crippen LogP contribution in [0.4, 0.5) is 5.69 Å². The van der Waals surface area contributed by atoms with E-state index in [0.29, 0.717) is 16.8 Å². The fraction of sp³-hybridized carbons (Fsp3) is 0.0667. The van der Waals surface area contributed by atoms with Gasteiger partial charge in [-0.2, -0.15) is 0 Å². The van der Waals surface area contributed by atoms with E-state index < -0.39 is 0 Å². The van der Waals surface area contributed by atoms with Gasteiger partial charge >= 0.3 is 0 Å². The second-order valence-electron chi connectivity index (χ2n) is 4.32. The first-order valence-corrected chi connectivity index (χ1v) is 7.15. The fourth-order valence-corrected chi connectivity index (χ4v) is 2.37. The molecule has 0 radical (unpaired) electrons. The Morgan fingerprint density at radius 1 is 1.20 bits per heavy atom. The van der Waals surface area contributed by atoms with Crippen LogP contribution in [0, 0.1) is 6.92 Å². The van der Waals surface area contributed by atoms with Crippen LogP contribution in [0.3, 0.4) is 0 Å². The number of nitrogens with one attached hydrogen (secondary N) is 1. The highest BCUT2D eigenvalue weighted by Crippen LogP contribution is 2.20. The number of aryl methyl sites for hydroxylation is 1. The highest BCUT2D eigenvalue weighted by atomic mass is 79.9. The first-order valence-electron chi connectivity index (χ1n) is 5.95. The van der Waals surface area contributed by atoms with Gasteiger partial charge in [-0.25, -0.2) is 0 Å². The summed E-state index contributed by atoms with van der Waals surface area (Å²) in [6.45, 7) is 1.89. The Hall–Kier alpha value is -1.72. The van der Waals surface area contributed by atoms with Gasteiger partial charge in [-0.3, -0.25) is 4.79 Å². The Balaban J connectivity index is 2.33. The van der Waals surface area contributed by atoms with Crippen LogP contribution in [-0.4, -0.2) is 10.9 Å². The SMILES string of the molecule is Cc1ccc(Br)cc1C(=O)Nc1ccccc1C(N)=S. The van der Waals surface area contributed by atoms with Crippen molar-refractivity contribution < 1.29 is 4.79 Å². The monoisotopic (exact) mass is 348 g/mol. The Labute approximate surface area is 131 Å². The van der Waals surface area contributed by atoms with Crippen molar-refractivity contribution in [2.45, 2.75) is 6.92 Å². The zero-order valence-electron chi connectivity index (χ0n) is 10.8.